The second kappa shape index (κ2) is 7.70. The molecule has 1 saturated heterocycles. The topological polar surface area (TPSA) is 54.9 Å². The molecule has 0 radical (unpaired) electrons. The van der Waals surface area contributed by atoms with Crippen molar-refractivity contribution >= 4 is 11.6 Å². The van der Waals surface area contributed by atoms with Gasteiger partial charge in [-0.2, -0.15) is 0 Å². The van der Waals surface area contributed by atoms with Crippen LogP contribution >= 0.6 is 0 Å². The van der Waals surface area contributed by atoms with E-state index in [1.54, 1.807) is 7.11 Å². The van der Waals surface area contributed by atoms with Crippen LogP contribution in [0.1, 0.15) is 17.0 Å². The third-order valence-electron chi connectivity index (χ3n) is 5.55. The Hall–Kier alpha value is -2.76. The number of benzene rings is 1. The van der Waals surface area contributed by atoms with Gasteiger partial charge >= 0.3 is 0 Å². The molecule has 2 aliphatic heterocycles. The molecule has 28 heavy (non-hydrogen) atoms. The minimum atomic E-state index is -0.128. The molecule has 0 N–H and O–H groups in total. The van der Waals surface area contributed by atoms with Gasteiger partial charge in [-0.25, -0.2) is 0 Å². The molecule has 0 aliphatic carbocycles. The fourth-order valence-electron chi connectivity index (χ4n) is 4.15. The Kier molecular flexibility index (Phi) is 5.11. The molecule has 6 heteroatoms. The van der Waals surface area contributed by atoms with Gasteiger partial charge in [0, 0.05) is 43.3 Å². The number of hydrogen-bond acceptors (Lipinski definition) is 5. The van der Waals surface area contributed by atoms with Crippen LogP contribution in [0.5, 0.6) is 11.5 Å². The van der Waals surface area contributed by atoms with E-state index in [4.69, 9.17) is 9.47 Å². The van der Waals surface area contributed by atoms with E-state index in [1.807, 2.05) is 36.9 Å². The second-order valence-corrected chi connectivity index (χ2v) is 7.58. The Balaban J connectivity index is 1.39. The Morgan fingerprint density at radius 2 is 1.86 bits per heavy atom. The average Bonchev–Trinajstić information content (AvgIpc) is 2.71. The summed E-state index contributed by atoms with van der Waals surface area (Å²) in [5, 5.41) is 0. The highest BCUT2D eigenvalue weighted by atomic mass is 16.5. The monoisotopic (exact) mass is 381 g/mol. The number of para-hydroxylation sites is 1. The molecule has 2 aromatic rings. The molecule has 0 saturated carbocycles. The molecule has 2 aliphatic rings. The number of ether oxygens (including phenoxy) is 2. The van der Waals surface area contributed by atoms with Crippen molar-refractivity contribution in [3.8, 4) is 11.5 Å². The summed E-state index contributed by atoms with van der Waals surface area (Å²) in [6, 6.07) is 10.1. The molecule has 4 rings (SSSR count). The normalized spacial score (nSPS) is 19.0. The van der Waals surface area contributed by atoms with Crippen LogP contribution in [0.2, 0.25) is 0 Å². The molecule has 1 aromatic carbocycles. The zero-order valence-electron chi connectivity index (χ0n) is 16.8. The molecule has 1 fully saturated rings. The predicted molar refractivity (Wildman–Crippen MR) is 108 cm³/mol. The third kappa shape index (κ3) is 3.63. The van der Waals surface area contributed by atoms with Gasteiger partial charge in [-0.3, -0.25) is 9.78 Å². The van der Waals surface area contributed by atoms with Crippen LogP contribution < -0.4 is 14.4 Å². The van der Waals surface area contributed by atoms with Crippen molar-refractivity contribution in [2.75, 3.05) is 44.8 Å². The largest absolute Gasteiger partial charge is 0.493 e. The van der Waals surface area contributed by atoms with Gasteiger partial charge in [-0.05, 0) is 44.0 Å². The lowest BCUT2D eigenvalue weighted by Gasteiger charge is -2.38. The summed E-state index contributed by atoms with van der Waals surface area (Å²) in [7, 11) is 1.64. The maximum atomic E-state index is 13.1. The van der Waals surface area contributed by atoms with Crippen molar-refractivity contribution in [1.29, 1.82) is 0 Å². The Labute approximate surface area is 166 Å². The van der Waals surface area contributed by atoms with E-state index < -0.39 is 0 Å². The molecule has 0 bridgehead atoms. The summed E-state index contributed by atoms with van der Waals surface area (Å²) in [6.45, 7) is 7.61. The van der Waals surface area contributed by atoms with Crippen molar-refractivity contribution in [2.24, 2.45) is 5.92 Å². The lowest BCUT2D eigenvalue weighted by Crippen LogP contribution is -2.51. The fourth-order valence-corrected chi connectivity index (χ4v) is 4.15. The molecule has 0 unspecified atom stereocenters. The standard InChI is InChI=1S/C22H27N3O3/c1-15-11-19(12-16(2)23-15)24-7-9-25(10-8-24)22(26)18-13-17-5-4-6-20(27-3)21(17)28-14-18/h4-6,11-12,18H,7-10,13-14H2,1-3H3/t18-/m0/s1. The van der Waals surface area contributed by atoms with Gasteiger partial charge in [-0.1, -0.05) is 12.1 Å². The third-order valence-corrected chi connectivity index (χ3v) is 5.55. The first kappa shape index (κ1) is 18.6. The second-order valence-electron chi connectivity index (χ2n) is 7.58. The van der Waals surface area contributed by atoms with Crippen molar-refractivity contribution in [3.05, 3.63) is 47.3 Å². The number of pyridine rings is 1. The molecule has 3 heterocycles. The predicted octanol–water partition coefficient (Wildman–Crippen LogP) is 2.61. The summed E-state index contributed by atoms with van der Waals surface area (Å²) in [4.78, 5) is 21.8. The van der Waals surface area contributed by atoms with Gasteiger partial charge < -0.3 is 19.3 Å². The zero-order chi connectivity index (χ0) is 19.7. The van der Waals surface area contributed by atoms with E-state index in [0.29, 0.717) is 13.0 Å². The van der Waals surface area contributed by atoms with Crippen LogP contribution in [0, 0.1) is 19.8 Å². The van der Waals surface area contributed by atoms with E-state index in [0.717, 1.165) is 54.6 Å². The number of nitrogens with zero attached hydrogens (tertiary/aromatic N) is 3. The summed E-state index contributed by atoms with van der Waals surface area (Å²) in [5.41, 5.74) is 4.30. The molecule has 0 spiro atoms. The smallest absolute Gasteiger partial charge is 0.229 e. The summed E-state index contributed by atoms with van der Waals surface area (Å²) in [5.74, 6) is 1.58. The van der Waals surface area contributed by atoms with E-state index >= 15 is 0 Å². The van der Waals surface area contributed by atoms with Crippen molar-refractivity contribution in [3.63, 3.8) is 0 Å². The lowest BCUT2D eigenvalue weighted by atomic mass is 9.95. The summed E-state index contributed by atoms with van der Waals surface area (Å²) in [6.07, 6.45) is 0.703. The van der Waals surface area contributed by atoms with Crippen molar-refractivity contribution in [1.82, 2.24) is 9.88 Å². The quantitative estimate of drug-likeness (QED) is 0.818. The minimum Gasteiger partial charge on any atom is -0.493 e. The maximum Gasteiger partial charge on any atom is 0.229 e. The van der Waals surface area contributed by atoms with Gasteiger partial charge in [0.25, 0.3) is 0 Å². The number of hydrogen-bond donors (Lipinski definition) is 0. The van der Waals surface area contributed by atoms with E-state index in [9.17, 15) is 4.79 Å². The number of anilines is 1. The fraction of sp³-hybridized carbons (Fsp3) is 0.455. The number of piperazine rings is 1. The Bertz CT molecular complexity index is 855. The van der Waals surface area contributed by atoms with Gasteiger partial charge in [0.1, 0.15) is 6.61 Å². The zero-order valence-corrected chi connectivity index (χ0v) is 16.8. The van der Waals surface area contributed by atoms with Gasteiger partial charge in [0.05, 0.1) is 13.0 Å². The van der Waals surface area contributed by atoms with E-state index in [1.165, 1.54) is 5.69 Å². The van der Waals surface area contributed by atoms with Crippen LogP contribution in [0.25, 0.3) is 0 Å². The Morgan fingerprint density at radius 1 is 1.14 bits per heavy atom. The van der Waals surface area contributed by atoms with Crippen LogP contribution in [0.15, 0.2) is 30.3 Å². The first-order valence-corrected chi connectivity index (χ1v) is 9.83. The summed E-state index contributed by atoms with van der Waals surface area (Å²) < 4.78 is 11.3. The van der Waals surface area contributed by atoms with Gasteiger partial charge in [0.15, 0.2) is 11.5 Å². The number of carbonyl (C=O) groups excluding carboxylic acids is 1. The maximum absolute atomic E-state index is 13.1. The van der Waals surface area contributed by atoms with Crippen molar-refractivity contribution in [2.45, 2.75) is 20.3 Å². The van der Waals surface area contributed by atoms with Gasteiger partial charge in [0.2, 0.25) is 5.91 Å². The van der Waals surface area contributed by atoms with Gasteiger partial charge in [-0.15, -0.1) is 0 Å². The van der Waals surface area contributed by atoms with Crippen LogP contribution in [0.3, 0.4) is 0 Å². The first-order chi connectivity index (χ1) is 13.5. The molecule has 148 valence electrons. The number of aromatic nitrogens is 1. The molecule has 6 nitrogen and oxygen atoms in total. The highest BCUT2D eigenvalue weighted by molar-refractivity contribution is 5.80. The molecule has 1 aromatic heterocycles. The van der Waals surface area contributed by atoms with Crippen LogP contribution in [-0.2, 0) is 11.2 Å². The number of methoxy groups -OCH3 is 1. The summed E-state index contributed by atoms with van der Waals surface area (Å²) >= 11 is 0. The number of carbonyl (C=O) groups is 1. The number of rotatable bonds is 3. The van der Waals surface area contributed by atoms with Crippen LogP contribution in [0.4, 0.5) is 5.69 Å². The SMILES string of the molecule is COc1cccc2c1OC[C@@H](C(=O)N1CCN(c3cc(C)nc(C)c3)CC1)C2. The van der Waals surface area contributed by atoms with E-state index in [2.05, 4.69) is 22.0 Å². The van der Waals surface area contributed by atoms with E-state index in [-0.39, 0.29) is 11.8 Å². The molecule has 1 amide bonds. The molecular weight excluding hydrogens is 354 g/mol. The number of amides is 1. The number of fused-ring (bicyclic) bond motifs is 1. The minimum absolute atomic E-state index is 0.128. The highest BCUT2D eigenvalue weighted by Crippen LogP contribution is 2.36. The molecule has 1 atom stereocenters. The van der Waals surface area contributed by atoms with Crippen molar-refractivity contribution < 1.29 is 14.3 Å². The van der Waals surface area contributed by atoms with Crippen LogP contribution in [-0.4, -0.2) is 55.7 Å². The molecular formula is C22H27N3O3. The number of aryl methyl sites for hydroxylation is 2. The Morgan fingerprint density at radius 3 is 2.54 bits per heavy atom. The first-order valence-electron chi connectivity index (χ1n) is 9.83. The lowest BCUT2D eigenvalue weighted by molar-refractivity contribution is -0.137. The highest BCUT2D eigenvalue weighted by Gasteiger charge is 2.32. The average molecular weight is 381 g/mol.